The number of nitrogens with one attached hydrogen (secondary N) is 1. The van der Waals surface area contributed by atoms with Gasteiger partial charge in [0, 0.05) is 24.8 Å². The largest absolute Gasteiger partial charge is 0.296 e. The van der Waals surface area contributed by atoms with Crippen molar-refractivity contribution in [2.24, 2.45) is 0 Å². The van der Waals surface area contributed by atoms with Crippen molar-refractivity contribution >= 4 is 0 Å². The Kier molecular flexibility index (Phi) is 2.18. The Bertz CT molecular complexity index is 263. The smallest absolute Gasteiger partial charge is 0.0494 e. The number of rotatable bonds is 1. The number of fused-ring (bicyclic) bond motifs is 1. The van der Waals surface area contributed by atoms with Gasteiger partial charge in [0.25, 0.3) is 0 Å². The molecule has 1 saturated heterocycles. The Balaban J connectivity index is 1.75. The molecular formula is C12H18N2. The minimum Gasteiger partial charge on any atom is -0.296 e. The molecule has 0 amide bonds. The van der Waals surface area contributed by atoms with Crippen molar-refractivity contribution in [3.8, 4) is 0 Å². The van der Waals surface area contributed by atoms with Gasteiger partial charge >= 0.3 is 0 Å². The molecule has 1 saturated carbocycles. The van der Waals surface area contributed by atoms with Crippen molar-refractivity contribution in [1.29, 1.82) is 0 Å². The van der Waals surface area contributed by atoms with E-state index in [4.69, 9.17) is 0 Å². The van der Waals surface area contributed by atoms with E-state index in [0.29, 0.717) is 12.1 Å². The standard InChI is InChI=1S/C12H18N2/c1-2-6-10(5-1)14-9-13-11-7-3-4-8-12(11)14/h3-4,7-8,10-13H,1-2,5-6,9H2. The first kappa shape index (κ1) is 8.69. The van der Waals surface area contributed by atoms with E-state index in [-0.39, 0.29) is 0 Å². The lowest BCUT2D eigenvalue weighted by Gasteiger charge is -2.29. The zero-order valence-corrected chi connectivity index (χ0v) is 8.52. The molecule has 0 spiro atoms. The number of hydrogen-bond acceptors (Lipinski definition) is 2. The van der Waals surface area contributed by atoms with Crippen LogP contribution >= 0.6 is 0 Å². The maximum Gasteiger partial charge on any atom is 0.0494 e. The van der Waals surface area contributed by atoms with Crippen molar-refractivity contribution < 1.29 is 0 Å². The van der Waals surface area contributed by atoms with E-state index in [1.54, 1.807) is 0 Å². The molecule has 14 heavy (non-hydrogen) atoms. The Labute approximate surface area is 85.7 Å². The van der Waals surface area contributed by atoms with Gasteiger partial charge in [0.15, 0.2) is 0 Å². The summed E-state index contributed by atoms with van der Waals surface area (Å²) in [6, 6.07) is 2.04. The van der Waals surface area contributed by atoms with E-state index < -0.39 is 0 Å². The lowest BCUT2D eigenvalue weighted by atomic mass is 10.0. The van der Waals surface area contributed by atoms with Crippen molar-refractivity contribution in [3.05, 3.63) is 24.3 Å². The first-order valence-electron chi connectivity index (χ1n) is 5.79. The fraction of sp³-hybridized carbons (Fsp3) is 0.667. The van der Waals surface area contributed by atoms with Crippen LogP contribution in [0.2, 0.25) is 0 Å². The molecule has 0 aromatic rings. The molecule has 2 heteroatoms. The highest BCUT2D eigenvalue weighted by atomic mass is 15.3. The highest BCUT2D eigenvalue weighted by Gasteiger charge is 2.36. The molecule has 0 radical (unpaired) electrons. The average Bonchev–Trinajstić information content (AvgIpc) is 2.85. The summed E-state index contributed by atoms with van der Waals surface area (Å²) in [5, 5.41) is 3.57. The van der Waals surface area contributed by atoms with Crippen LogP contribution in [0.1, 0.15) is 25.7 Å². The molecule has 1 N–H and O–H groups in total. The Morgan fingerprint density at radius 1 is 1.07 bits per heavy atom. The second-order valence-electron chi connectivity index (χ2n) is 4.60. The second kappa shape index (κ2) is 3.52. The van der Waals surface area contributed by atoms with Crippen LogP contribution in [-0.2, 0) is 0 Å². The molecule has 2 nitrogen and oxygen atoms in total. The SMILES string of the molecule is C1=CC2NCN(C3CCCC3)C2C=C1. The zero-order valence-electron chi connectivity index (χ0n) is 8.52. The zero-order chi connectivity index (χ0) is 9.38. The lowest BCUT2D eigenvalue weighted by molar-refractivity contribution is 0.204. The minimum absolute atomic E-state index is 0.570. The number of hydrogen-bond donors (Lipinski definition) is 1. The van der Waals surface area contributed by atoms with E-state index in [0.717, 1.165) is 12.7 Å². The predicted molar refractivity (Wildman–Crippen MR) is 58.0 cm³/mol. The molecule has 0 aromatic carbocycles. The summed E-state index contributed by atoms with van der Waals surface area (Å²) in [5.74, 6) is 0. The van der Waals surface area contributed by atoms with Crippen molar-refractivity contribution in [3.63, 3.8) is 0 Å². The quantitative estimate of drug-likeness (QED) is 0.676. The Morgan fingerprint density at radius 3 is 2.71 bits per heavy atom. The van der Waals surface area contributed by atoms with E-state index >= 15 is 0 Å². The molecule has 2 unspecified atom stereocenters. The van der Waals surface area contributed by atoms with Gasteiger partial charge in [-0.15, -0.1) is 0 Å². The lowest BCUT2D eigenvalue weighted by Crippen LogP contribution is -2.40. The summed E-state index contributed by atoms with van der Waals surface area (Å²) in [4.78, 5) is 2.65. The maximum absolute atomic E-state index is 3.57. The van der Waals surface area contributed by atoms with Crippen LogP contribution in [-0.4, -0.2) is 29.7 Å². The molecule has 3 aliphatic rings. The average molecular weight is 190 g/mol. The highest BCUT2D eigenvalue weighted by molar-refractivity contribution is 5.22. The van der Waals surface area contributed by atoms with E-state index in [9.17, 15) is 0 Å². The molecule has 0 bridgehead atoms. The van der Waals surface area contributed by atoms with Gasteiger partial charge in [-0.05, 0) is 12.8 Å². The van der Waals surface area contributed by atoms with Crippen molar-refractivity contribution in [2.75, 3.05) is 6.67 Å². The molecule has 1 heterocycles. The molecule has 3 rings (SSSR count). The fourth-order valence-electron chi connectivity index (χ4n) is 3.03. The van der Waals surface area contributed by atoms with Gasteiger partial charge in [0.05, 0.1) is 0 Å². The molecule has 0 aromatic heterocycles. The summed E-state index contributed by atoms with van der Waals surface area (Å²) in [6.07, 6.45) is 14.7. The third kappa shape index (κ3) is 1.33. The van der Waals surface area contributed by atoms with Crippen molar-refractivity contribution in [1.82, 2.24) is 10.2 Å². The summed E-state index contributed by atoms with van der Waals surface area (Å²) in [7, 11) is 0. The van der Waals surface area contributed by atoms with E-state index in [2.05, 4.69) is 34.5 Å². The second-order valence-corrected chi connectivity index (χ2v) is 4.60. The van der Waals surface area contributed by atoms with Crippen LogP contribution < -0.4 is 5.32 Å². The third-order valence-electron chi connectivity index (χ3n) is 3.79. The number of allylic oxidation sites excluding steroid dienone is 2. The van der Waals surface area contributed by atoms with Crippen molar-refractivity contribution in [2.45, 2.75) is 43.8 Å². The Morgan fingerprint density at radius 2 is 1.86 bits per heavy atom. The number of nitrogens with zero attached hydrogens (tertiary/aromatic N) is 1. The van der Waals surface area contributed by atoms with Crippen LogP contribution in [0.15, 0.2) is 24.3 Å². The summed E-state index contributed by atoms with van der Waals surface area (Å²) in [6.45, 7) is 1.08. The fourth-order valence-corrected chi connectivity index (χ4v) is 3.03. The molecule has 76 valence electrons. The molecule has 1 aliphatic heterocycles. The predicted octanol–water partition coefficient (Wildman–Crippen LogP) is 1.65. The monoisotopic (exact) mass is 190 g/mol. The first-order chi connectivity index (χ1) is 6.95. The molecular weight excluding hydrogens is 172 g/mol. The minimum atomic E-state index is 0.570. The van der Waals surface area contributed by atoms with Crippen LogP contribution in [0.25, 0.3) is 0 Å². The maximum atomic E-state index is 3.57. The van der Waals surface area contributed by atoms with Gasteiger partial charge < -0.3 is 0 Å². The van der Waals surface area contributed by atoms with Crippen LogP contribution in [0, 0.1) is 0 Å². The van der Waals surface area contributed by atoms with Gasteiger partial charge in [-0.2, -0.15) is 0 Å². The summed E-state index contributed by atoms with van der Waals surface area (Å²) in [5.41, 5.74) is 0. The van der Waals surface area contributed by atoms with E-state index in [1.165, 1.54) is 25.7 Å². The topological polar surface area (TPSA) is 15.3 Å². The summed E-state index contributed by atoms with van der Waals surface area (Å²) >= 11 is 0. The first-order valence-corrected chi connectivity index (χ1v) is 5.79. The highest BCUT2D eigenvalue weighted by Crippen LogP contribution is 2.29. The van der Waals surface area contributed by atoms with Crippen LogP contribution in [0.3, 0.4) is 0 Å². The van der Waals surface area contributed by atoms with Gasteiger partial charge in [0.1, 0.15) is 0 Å². The van der Waals surface area contributed by atoms with Gasteiger partial charge in [0.2, 0.25) is 0 Å². The normalized spacial score (nSPS) is 38.0. The van der Waals surface area contributed by atoms with Crippen LogP contribution in [0.5, 0.6) is 0 Å². The molecule has 2 atom stereocenters. The van der Waals surface area contributed by atoms with Gasteiger partial charge in [-0.3, -0.25) is 10.2 Å². The Hall–Kier alpha value is -0.600. The van der Waals surface area contributed by atoms with Crippen LogP contribution in [0.4, 0.5) is 0 Å². The third-order valence-corrected chi connectivity index (χ3v) is 3.79. The summed E-state index contributed by atoms with van der Waals surface area (Å²) < 4.78 is 0. The van der Waals surface area contributed by atoms with Gasteiger partial charge in [-0.25, -0.2) is 0 Å². The van der Waals surface area contributed by atoms with E-state index in [1.807, 2.05) is 0 Å². The van der Waals surface area contributed by atoms with Gasteiger partial charge in [-0.1, -0.05) is 37.1 Å². The molecule has 2 aliphatic carbocycles. The molecule has 2 fully saturated rings.